The van der Waals surface area contributed by atoms with E-state index in [9.17, 15) is 0 Å². The van der Waals surface area contributed by atoms with Crippen molar-refractivity contribution in [3.8, 4) is 0 Å². The van der Waals surface area contributed by atoms with Gasteiger partial charge in [-0.15, -0.1) is 0 Å². The molecule has 0 amide bonds. The molecule has 0 saturated carbocycles. The molecule has 0 bridgehead atoms. The SMILES string of the molecule is NC(=Nc1ccc(Cl)cc1I)NO. The van der Waals surface area contributed by atoms with Gasteiger partial charge in [-0.1, -0.05) is 11.6 Å². The van der Waals surface area contributed by atoms with Gasteiger partial charge in [-0.25, -0.2) is 10.5 Å². The van der Waals surface area contributed by atoms with Crippen LogP contribution in [0, 0.1) is 3.57 Å². The van der Waals surface area contributed by atoms with E-state index in [1.54, 1.807) is 23.7 Å². The maximum atomic E-state index is 8.41. The van der Waals surface area contributed by atoms with Crippen LogP contribution in [-0.2, 0) is 0 Å². The fourth-order valence-electron chi connectivity index (χ4n) is 0.727. The normalized spacial score (nSPS) is 11.5. The molecular formula is C7H7ClIN3O. The molecular weight excluding hydrogens is 304 g/mol. The van der Waals surface area contributed by atoms with Gasteiger partial charge >= 0.3 is 0 Å². The van der Waals surface area contributed by atoms with Gasteiger partial charge in [0.15, 0.2) is 0 Å². The molecule has 6 heteroatoms. The smallest absolute Gasteiger partial charge is 0.218 e. The first kappa shape index (κ1) is 10.6. The number of hydrogen-bond donors (Lipinski definition) is 3. The summed E-state index contributed by atoms with van der Waals surface area (Å²) in [7, 11) is 0. The number of hydroxylamine groups is 1. The van der Waals surface area contributed by atoms with E-state index in [1.807, 2.05) is 0 Å². The Morgan fingerprint density at radius 1 is 1.62 bits per heavy atom. The average molecular weight is 312 g/mol. The lowest BCUT2D eigenvalue weighted by Crippen LogP contribution is -2.27. The summed E-state index contributed by atoms with van der Waals surface area (Å²) in [5, 5.41) is 9.05. The summed E-state index contributed by atoms with van der Waals surface area (Å²) >= 11 is 7.82. The van der Waals surface area contributed by atoms with Crippen LogP contribution in [0.4, 0.5) is 5.69 Å². The highest BCUT2D eigenvalue weighted by molar-refractivity contribution is 14.1. The molecule has 0 atom stereocenters. The monoisotopic (exact) mass is 311 g/mol. The Morgan fingerprint density at radius 2 is 2.31 bits per heavy atom. The summed E-state index contributed by atoms with van der Waals surface area (Å²) in [5.41, 5.74) is 7.67. The maximum absolute atomic E-state index is 8.41. The number of halogens is 2. The molecule has 0 aliphatic heterocycles. The van der Waals surface area contributed by atoms with Crippen LogP contribution >= 0.6 is 34.2 Å². The van der Waals surface area contributed by atoms with Gasteiger partial charge in [0, 0.05) is 8.59 Å². The zero-order valence-electron chi connectivity index (χ0n) is 6.46. The van der Waals surface area contributed by atoms with E-state index in [1.165, 1.54) is 0 Å². The predicted octanol–water partition coefficient (Wildman–Crippen LogP) is 1.87. The molecule has 70 valence electrons. The van der Waals surface area contributed by atoms with Crippen LogP contribution in [-0.4, -0.2) is 11.2 Å². The van der Waals surface area contributed by atoms with Gasteiger partial charge in [0.2, 0.25) is 5.96 Å². The Kier molecular flexibility index (Phi) is 3.76. The van der Waals surface area contributed by atoms with Gasteiger partial charge in [0.25, 0.3) is 0 Å². The first-order valence-corrected chi connectivity index (χ1v) is 4.78. The number of nitrogens with zero attached hydrogens (tertiary/aromatic N) is 1. The van der Waals surface area contributed by atoms with Crippen molar-refractivity contribution in [2.75, 3.05) is 0 Å². The van der Waals surface area contributed by atoms with E-state index >= 15 is 0 Å². The lowest BCUT2D eigenvalue weighted by atomic mass is 10.3. The van der Waals surface area contributed by atoms with Crippen molar-refractivity contribution in [2.24, 2.45) is 10.7 Å². The van der Waals surface area contributed by atoms with Crippen LogP contribution in [0.5, 0.6) is 0 Å². The van der Waals surface area contributed by atoms with E-state index in [2.05, 4.69) is 27.6 Å². The molecule has 4 N–H and O–H groups in total. The van der Waals surface area contributed by atoms with Crippen LogP contribution in [0.15, 0.2) is 23.2 Å². The Balaban J connectivity index is 3.03. The molecule has 0 spiro atoms. The van der Waals surface area contributed by atoms with Gasteiger partial charge in [-0.2, -0.15) is 0 Å². The van der Waals surface area contributed by atoms with Crippen molar-refractivity contribution in [3.63, 3.8) is 0 Å². The van der Waals surface area contributed by atoms with E-state index in [-0.39, 0.29) is 5.96 Å². The maximum Gasteiger partial charge on any atom is 0.218 e. The van der Waals surface area contributed by atoms with Crippen LogP contribution in [0.1, 0.15) is 0 Å². The first-order valence-electron chi connectivity index (χ1n) is 3.33. The molecule has 0 aromatic heterocycles. The minimum absolute atomic E-state index is 0.0553. The summed E-state index contributed by atoms with van der Waals surface area (Å²) in [6.45, 7) is 0. The van der Waals surface area contributed by atoms with E-state index < -0.39 is 0 Å². The fraction of sp³-hybridized carbons (Fsp3) is 0. The number of benzene rings is 1. The van der Waals surface area contributed by atoms with Crippen molar-refractivity contribution < 1.29 is 5.21 Å². The molecule has 0 fully saturated rings. The summed E-state index contributed by atoms with van der Waals surface area (Å²) in [6.07, 6.45) is 0. The molecule has 0 saturated heterocycles. The lowest BCUT2D eigenvalue weighted by Gasteiger charge is -2.00. The summed E-state index contributed by atoms with van der Waals surface area (Å²) in [5.74, 6) is -0.0553. The summed E-state index contributed by atoms with van der Waals surface area (Å²) in [4.78, 5) is 3.89. The molecule has 0 aliphatic rings. The zero-order valence-corrected chi connectivity index (χ0v) is 9.37. The second-order valence-corrected chi connectivity index (χ2v) is 3.80. The molecule has 13 heavy (non-hydrogen) atoms. The van der Waals surface area contributed by atoms with Crippen molar-refractivity contribution >= 4 is 45.8 Å². The second-order valence-electron chi connectivity index (χ2n) is 2.20. The molecule has 0 heterocycles. The average Bonchev–Trinajstić information content (AvgIpc) is 2.09. The second kappa shape index (κ2) is 4.64. The predicted molar refractivity (Wildman–Crippen MR) is 60.4 cm³/mol. The highest BCUT2D eigenvalue weighted by Gasteiger charge is 1.99. The van der Waals surface area contributed by atoms with Crippen molar-refractivity contribution in [1.29, 1.82) is 0 Å². The number of guanidine groups is 1. The van der Waals surface area contributed by atoms with Gasteiger partial charge in [0.1, 0.15) is 0 Å². The minimum atomic E-state index is -0.0553. The van der Waals surface area contributed by atoms with Crippen molar-refractivity contribution in [3.05, 3.63) is 26.8 Å². The van der Waals surface area contributed by atoms with Gasteiger partial charge < -0.3 is 5.73 Å². The quantitative estimate of drug-likeness (QED) is 0.321. The van der Waals surface area contributed by atoms with Crippen molar-refractivity contribution in [1.82, 2.24) is 5.48 Å². The minimum Gasteiger partial charge on any atom is -0.368 e. The Hall–Kier alpha value is -0.530. The number of rotatable bonds is 1. The molecule has 1 aromatic rings. The largest absolute Gasteiger partial charge is 0.368 e. The molecule has 1 rings (SSSR count). The Bertz CT molecular complexity index is 343. The van der Waals surface area contributed by atoms with Crippen LogP contribution in [0.3, 0.4) is 0 Å². The first-order chi connectivity index (χ1) is 6.13. The van der Waals surface area contributed by atoms with E-state index in [0.717, 1.165) is 3.57 Å². The molecule has 0 aliphatic carbocycles. The van der Waals surface area contributed by atoms with Crippen LogP contribution < -0.4 is 11.2 Å². The topological polar surface area (TPSA) is 70.6 Å². The van der Waals surface area contributed by atoms with Crippen LogP contribution in [0.2, 0.25) is 5.02 Å². The van der Waals surface area contributed by atoms with Gasteiger partial charge in [-0.3, -0.25) is 5.21 Å². The van der Waals surface area contributed by atoms with Gasteiger partial charge in [0.05, 0.1) is 5.69 Å². The third-order valence-corrected chi connectivity index (χ3v) is 2.36. The standard InChI is InChI=1S/C7H7ClIN3O/c8-4-1-2-6(5(9)3-4)11-7(10)12-13/h1-3,13H,(H3,10,11,12). The van der Waals surface area contributed by atoms with E-state index in [4.69, 9.17) is 22.5 Å². The zero-order chi connectivity index (χ0) is 9.84. The lowest BCUT2D eigenvalue weighted by molar-refractivity contribution is 0.233. The number of nitrogens with one attached hydrogen (secondary N) is 1. The fourth-order valence-corrected chi connectivity index (χ4v) is 1.72. The van der Waals surface area contributed by atoms with Gasteiger partial charge in [-0.05, 0) is 40.8 Å². The van der Waals surface area contributed by atoms with E-state index in [0.29, 0.717) is 10.7 Å². The number of aliphatic imine (C=N–C) groups is 1. The molecule has 0 unspecified atom stereocenters. The Labute approximate surface area is 93.9 Å². The number of nitrogens with two attached hydrogens (primary N) is 1. The molecule has 0 radical (unpaired) electrons. The van der Waals surface area contributed by atoms with Crippen LogP contribution in [0.25, 0.3) is 0 Å². The molecule has 1 aromatic carbocycles. The third-order valence-electron chi connectivity index (χ3n) is 1.27. The summed E-state index contributed by atoms with van der Waals surface area (Å²) < 4.78 is 0.864. The highest BCUT2D eigenvalue weighted by atomic mass is 127. The third kappa shape index (κ3) is 3.02. The summed E-state index contributed by atoms with van der Waals surface area (Å²) in [6, 6.07) is 5.17. The number of hydrogen-bond acceptors (Lipinski definition) is 2. The van der Waals surface area contributed by atoms with Crippen molar-refractivity contribution in [2.45, 2.75) is 0 Å². The highest BCUT2D eigenvalue weighted by Crippen LogP contribution is 2.24. The Morgan fingerprint density at radius 3 is 2.85 bits per heavy atom. The molecule has 4 nitrogen and oxygen atoms in total.